The second-order valence-electron chi connectivity index (χ2n) is 6.77. The maximum Gasteiger partial charge on any atom is 0.241 e. The first-order valence-corrected chi connectivity index (χ1v) is 8.18. The molecule has 1 amide bonds. The molecular formula is C18H26N2O. The van der Waals surface area contributed by atoms with Gasteiger partial charge in [0.15, 0.2) is 0 Å². The van der Waals surface area contributed by atoms with Crippen molar-refractivity contribution in [3.05, 3.63) is 34.9 Å². The highest BCUT2D eigenvalue weighted by atomic mass is 16.2. The van der Waals surface area contributed by atoms with E-state index in [2.05, 4.69) is 56.1 Å². The van der Waals surface area contributed by atoms with Crippen LogP contribution in [0.3, 0.4) is 0 Å². The molecule has 0 aromatic heterocycles. The van der Waals surface area contributed by atoms with Crippen molar-refractivity contribution in [2.75, 3.05) is 0 Å². The van der Waals surface area contributed by atoms with Gasteiger partial charge in [-0.15, -0.1) is 0 Å². The van der Waals surface area contributed by atoms with Crippen LogP contribution in [0.1, 0.15) is 56.0 Å². The molecule has 3 rings (SSSR count). The third kappa shape index (κ3) is 2.59. The fourth-order valence-corrected chi connectivity index (χ4v) is 3.37. The topological polar surface area (TPSA) is 32.3 Å². The molecule has 3 atom stereocenters. The molecule has 3 unspecified atom stereocenters. The molecule has 2 aliphatic rings. The number of carbonyl (C=O) groups excluding carboxylic acids is 1. The lowest BCUT2D eigenvalue weighted by atomic mass is 9.99. The fraction of sp³-hybridized carbons (Fsp3) is 0.611. The Morgan fingerprint density at radius 1 is 1.33 bits per heavy atom. The third-order valence-corrected chi connectivity index (χ3v) is 5.01. The summed E-state index contributed by atoms with van der Waals surface area (Å²) in [6, 6.07) is 6.97. The molecule has 0 radical (unpaired) electrons. The van der Waals surface area contributed by atoms with Gasteiger partial charge in [0.25, 0.3) is 0 Å². The predicted molar refractivity (Wildman–Crippen MR) is 84.9 cm³/mol. The summed E-state index contributed by atoms with van der Waals surface area (Å²) < 4.78 is 0. The smallest absolute Gasteiger partial charge is 0.241 e. The Labute approximate surface area is 127 Å². The van der Waals surface area contributed by atoms with Gasteiger partial charge in [-0.05, 0) is 43.7 Å². The van der Waals surface area contributed by atoms with Crippen molar-refractivity contribution in [3.63, 3.8) is 0 Å². The van der Waals surface area contributed by atoms with Crippen LogP contribution in [0.2, 0.25) is 0 Å². The number of hydrogen-bond acceptors (Lipinski definition) is 2. The van der Waals surface area contributed by atoms with Crippen molar-refractivity contribution in [3.8, 4) is 0 Å². The van der Waals surface area contributed by atoms with E-state index in [9.17, 15) is 4.79 Å². The van der Waals surface area contributed by atoms with E-state index in [1.807, 2.05) is 0 Å². The lowest BCUT2D eigenvalue weighted by molar-refractivity contribution is -0.131. The highest BCUT2D eigenvalue weighted by molar-refractivity contribution is 5.85. The number of hydrogen-bond donors (Lipinski definition) is 1. The Balaban J connectivity index is 1.94. The summed E-state index contributed by atoms with van der Waals surface area (Å²) in [4.78, 5) is 14.9. The van der Waals surface area contributed by atoms with Crippen LogP contribution in [0.5, 0.6) is 0 Å². The van der Waals surface area contributed by atoms with Crippen LogP contribution >= 0.6 is 0 Å². The van der Waals surface area contributed by atoms with E-state index in [1.165, 1.54) is 16.7 Å². The Hall–Kier alpha value is -1.35. The number of benzene rings is 1. The minimum absolute atomic E-state index is 0.0266. The molecule has 1 aromatic rings. The van der Waals surface area contributed by atoms with Crippen molar-refractivity contribution in [2.45, 2.75) is 65.2 Å². The van der Waals surface area contributed by atoms with Gasteiger partial charge in [0.05, 0.1) is 6.04 Å². The molecule has 1 heterocycles. The number of carbonyl (C=O) groups is 1. The van der Waals surface area contributed by atoms with E-state index in [4.69, 9.17) is 0 Å². The van der Waals surface area contributed by atoms with Gasteiger partial charge in [0, 0.05) is 6.04 Å². The number of aryl methyl sites for hydroxylation is 2. The average molecular weight is 286 g/mol. The van der Waals surface area contributed by atoms with Crippen molar-refractivity contribution < 1.29 is 4.79 Å². The van der Waals surface area contributed by atoms with Gasteiger partial charge in [-0.3, -0.25) is 10.1 Å². The van der Waals surface area contributed by atoms with E-state index in [0.717, 1.165) is 19.3 Å². The quantitative estimate of drug-likeness (QED) is 0.921. The summed E-state index contributed by atoms with van der Waals surface area (Å²) in [7, 11) is 0. The SMILES string of the molecule is CCC(C)C1NC(c2ccc(C)cc2C)N(C2CC2)C1=O. The molecule has 114 valence electrons. The van der Waals surface area contributed by atoms with Gasteiger partial charge in [-0.25, -0.2) is 0 Å². The first-order valence-electron chi connectivity index (χ1n) is 8.18. The average Bonchev–Trinajstić information content (AvgIpc) is 3.22. The molecule has 0 spiro atoms. The summed E-state index contributed by atoms with van der Waals surface area (Å²) in [5.74, 6) is 0.686. The Bertz CT molecular complexity index is 550. The Morgan fingerprint density at radius 2 is 2.05 bits per heavy atom. The molecule has 1 saturated heterocycles. The molecule has 3 nitrogen and oxygen atoms in total. The lowest BCUT2D eigenvalue weighted by Crippen LogP contribution is -2.36. The zero-order valence-corrected chi connectivity index (χ0v) is 13.5. The molecular weight excluding hydrogens is 260 g/mol. The molecule has 3 heteroatoms. The monoisotopic (exact) mass is 286 g/mol. The molecule has 0 bridgehead atoms. The largest absolute Gasteiger partial charge is 0.319 e. The van der Waals surface area contributed by atoms with Gasteiger partial charge in [-0.1, -0.05) is 44.0 Å². The number of nitrogens with zero attached hydrogens (tertiary/aromatic N) is 1. The summed E-state index contributed by atoms with van der Waals surface area (Å²) in [5, 5.41) is 3.62. The molecule has 1 aliphatic heterocycles. The van der Waals surface area contributed by atoms with Gasteiger partial charge < -0.3 is 4.90 Å². The summed E-state index contributed by atoms with van der Waals surface area (Å²) in [5.41, 5.74) is 3.81. The fourth-order valence-electron chi connectivity index (χ4n) is 3.37. The highest BCUT2D eigenvalue weighted by Crippen LogP contribution is 2.39. The minimum Gasteiger partial charge on any atom is -0.319 e. The predicted octanol–water partition coefficient (Wildman–Crippen LogP) is 3.31. The molecule has 1 N–H and O–H groups in total. The van der Waals surface area contributed by atoms with Gasteiger partial charge in [0.1, 0.15) is 6.17 Å². The van der Waals surface area contributed by atoms with Crippen LogP contribution in [0.15, 0.2) is 18.2 Å². The van der Waals surface area contributed by atoms with Crippen molar-refractivity contribution in [1.29, 1.82) is 0 Å². The van der Waals surface area contributed by atoms with Gasteiger partial charge in [-0.2, -0.15) is 0 Å². The van der Waals surface area contributed by atoms with Gasteiger partial charge >= 0.3 is 0 Å². The highest BCUT2D eigenvalue weighted by Gasteiger charge is 2.48. The maximum atomic E-state index is 12.8. The first kappa shape index (κ1) is 14.6. The summed E-state index contributed by atoms with van der Waals surface area (Å²) in [6.07, 6.45) is 3.40. The first-order chi connectivity index (χ1) is 10.0. The molecule has 2 fully saturated rings. The van der Waals surface area contributed by atoms with Gasteiger partial charge in [0.2, 0.25) is 5.91 Å². The second kappa shape index (κ2) is 5.45. The number of amides is 1. The van der Waals surface area contributed by atoms with Crippen LogP contribution in [0.25, 0.3) is 0 Å². The van der Waals surface area contributed by atoms with Crippen LogP contribution in [-0.2, 0) is 4.79 Å². The standard InChI is InChI=1S/C18H26N2O/c1-5-12(3)16-18(21)20(14-7-8-14)17(19-16)15-9-6-11(2)10-13(15)4/h6,9-10,12,14,16-17,19H,5,7-8H2,1-4H3. The number of nitrogens with one attached hydrogen (secondary N) is 1. The van der Waals surface area contributed by atoms with Crippen molar-refractivity contribution >= 4 is 5.91 Å². The van der Waals surface area contributed by atoms with E-state index in [0.29, 0.717) is 17.9 Å². The summed E-state index contributed by atoms with van der Waals surface area (Å²) >= 11 is 0. The molecule has 1 saturated carbocycles. The van der Waals surface area contributed by atoms with Crippen molar-refractivity contribution in [2.24, 2.45) is 5.92 Å². The van der Waals surface area contributed by atoms with Crippen LogP contribution in [-0.4, -0.2) is 22.9 Å². The van der Waals surface area contributed by atoms with Crippen LogP contribution < -0.4 is 5.32 Å². The zero-order chi connectivity index (χ0) is 15.1. The molecule has 1 aliphatic carbocycles. The minimum atomic E-state index is -0.0266. The van der Waals surface area contributed by atoms with E-state index >= 15 is 0 Å². The lowest BCUT2D eigenvalue weighted by Gasteiger charge is -2.25. The van der Waals surface area contributed by atoms with Crippen molar-refractivity contribution in [1.82, 2.24) is 10.2 Å². The van der Waals surface area contributed by atoms with Crippen LogP contribution in [0, 0.1) is 19.8 Å². The second-order valence-corrected chi connectivity index (χ2v) is 6.77. The molecule has 21 heavy (non-hydrogen) atoms. The Kier molecular flexibility index (Phi) is 3.78. The van der Waals surface area contributed by atoms with E-state index in [-0.39, 0.29) is 12.2 Å². The third-order valence-electron chi connectivity index (χ3n) is 5.01. The maximum absolute atomic E-state index is 12.8. The van der Waals surface area contributed by atoms with E-state index < -0.39 is 0 Å². The molecule has 1 aromatic carbocycles. The summed E-state index contributed by atoms with van der Waals surface area (Å²) in [6.45, 7) is 8.59. The number of rotatable bonds is 4. The van der Waals surface area contributed by atoms with Crippen LogP contribution in [0.4, 0.5) is 0 Å². The zero-order valence-electron chi connectivity index (χ0n) is 13.5. The normalized spacial score (nSPS) is 27.2. The Morgan fingerprint density at radius 3 is 2.62 bits per heavy atom. The van der Waals surface area contributed by atoms with E-state index in [1.54, 1.807) is 0 Å².